The summed E-state index contributed by atoms with van der Waals surface area (Å²) in [6, 6.07) is 8.98. The van der Waals surface area contributed by atoms with Crippen LogP contribution in [0.15, 0.2) is 40.9 Å². The number of amides is 1. The van der Waals surface area contributed by atoms with E-state index in [4.69, 9.17) is 32.5 Å². The molecular formula is C18H13Cl2FN2O3. The van der Waals surface area contributed by atoms with Crippen LogP contribution >= 0.6 is 23.2 Å². The molecule has 1 N–H and O–H groups in total. The molecule has 0 radical (unpaired) electrons. The maximum absolute atomic E-state index is 14.3. The van der Waals surface area contributed by atoms with Gasteiger partial charge in [-0.1, -0.05) is 34.4 Å². The number of ether oxygens (including phenoxy) is 1. The zero-order valence-electron chi connectivity index (χ0n) is 13.8. The van der Waals surface area contributed by atoms with Crippen LogP contribution in [-0.4, -0.2) is 18.2 Å². The fourth-order valence-electron chi connectivity index (χ4n) is 2.50. The molecule has 0 atom stereocenters. The molecule has 0 unspecified atom stereocenters. The van der Waals surface area contributed by atoms with Gasteiger partial charge in [-0.15, -0.1) is 0 Å². The number of halogens is 3. The van der Waals surface area contributed by atoms with E-state index in [0.717, 1.165) is 0 Å². The smallest absolute Gasteiger partial charge is 0.261 e. The maximum atomic E-state index is 14.3. The van der Waals surface area contributed by atoms with Gasteiger partial charge in [0.25, 0.3) is 5.91 Å². The largest absolute Gasteiger partial charge is 0.495 e. The molecule has 3 rings (SSSR count). The summed E-state index contributed by atoms with van der Waals surface area (Å²) in [7, 11) is 1.47. The van der Waals surface area contributed by atoms with Crippen molar-refractivity contribution in [1.82, 2.24) is 5.16 Å². The Hall–Kier alpha value is -2.57. The second-order valence-electron chi connectivity index (χ2n) is 5.36. The first kappa shape index (κ1) is 18.2. The van der Waals surface area contributed by atoms with Crippen molar-refractivity contribution < 1.29 is 18.4 Å². The lowest BCUT2D eigenvalue weighted by atomic mass is 10.0. The predicted molar refractivity (Wildman–Crippen MR) is 97.6 cm³/mol. The number of rotatable bonds is 4. The van der Waals surface area contributed by atoms with E-state index in [0.29, 0.717) is 16.5 Å². The van der Waals surface area contributed by atoms with Gasteiger partial charge in [0.1, 0.15) is 28.6 Å². The molecule has 1 amide bonds. The van der Waals surface area contributed by atoms with Crippen LogP contribution in [0, 0.1) is 12.7 Å². The zero-order valence-corrected chi connectivity index (χ0v) is 15.3. The van der Waals surface area contributed by atoms with E-state index in [-0.39, 0.29) is 27.6 Å². The van der Waals surface area contributed by atoms with Gasteiger partial charge in [-0.3, -0.25) is 4.79 Å². The Morgan fingerprint density at radius 3 is 2.73 bits per heavy atom. The summed E-state index contributed by atoms with van der Waals surface area (Å²) in [6.07, 6.45) is 0. The highest BCUT2D eigenvalue weighted by molar-refractivity contribution is 6.33. The van der Waals surface area contributed by atoms with Gasteiger partial charge in [0.05, 0.1) is 23.4 Å². The summed E-state index contributed by atoms with van der Waals surface area (Å²) >= 11 is 12.1. The first-order valence-electron chi connectivity index (χ1n) is 7.48. The standard InChI is InChI=1S/C18H13Cl2FN2O3/c1-9-15(17(23-26-9)16-11(20)4-3-5-12(16)21)18(24)22-13-8-10(19)6-7-14(13)25-2/h3-8H,1-2H3,(H,22,24). The van der Waals surface area contributed by atoms with Crippen molar-refractivity contribution in [2.45, 2.75) is 6.92 Å². The Bertz CT molecular complexity index is 968. The third-order valence-electron chi connectivity index (χ3n) is 3.70. The average Bonchev–Trinajstić information content (AvgIpc) is 2.96. The number of carbonyl (C=O) groups excluding carboxylic acids is 1. The van der Waals surface area contributed by atoms with Crippen molar-refractivity contribution in [1.29, 1.82) is 0 Å². The summed E-state index contributed by atoms with van der Waals surface area (Å²) < 4.78 is 24.6. The van der Waals surface area contributed by atoms with Crippen molar-refractivity contribution in [3.63, 3.8) is 0 Å². The first-order valence-corrected chi connectivity index (χ1v) is 8.23. The number of aromatic nitrogens is 1. The number of hydrogen-bond acceptors (Lipinski definition) is 4. The van der Waals surface area contributed by atoms with Gasteiger partial charge < -0.3 is 14.6 Å². The van der Waals surface area contributed by atoms with Crippen LogP contribution in [0.5, 0.6) is 5.75 Å². The summed E-state index contributed by atoms with van der Waals surface area (Å²) in [5.74, 6) is -0.529. The van der Waals surface area contributed by atoms with Crippen LogP contribution < -0.4 is 10.1 Å². The van der Waals surface area contributed by atoms with Gasteiger partial charge in [-0.25, -0.2) is 4.39 Å². The van der Waals surface area contributed by atoms with Crippen LogP contribution in [0.2, 0.25) is 10.0 Å². The Kier molecular flexibility index (Phi) is 5.15. The van der Waals surface area contributed by atoms with Crippen molar-refractivity contribution in [3.05, 3.63) is 63.6 Å². The van der Waals surface area contributed by atoms with Crippen molar-refractivity contribution >= 4 is 34.8 Å². The average molecular weight is 395 g/mol. The van der Waals surface area contributed by atoms with Crippen LogP contribution in [0.4, 0.5) is 10.1 Å². The van der Waals surface area contributed by atoms with Crippen LogP contribution in [0.3, 0.4) is 0 Å². The number of aryl methyl sites for hydroxylation is 1. The maximum Gasteiger partial charge on any atom is 0.261 e. The minimum absolute atomic E-state index is 0.00535. The van der Waals surface area contributed by atoms with E-state index in [1.54, 1.807) is 19.1 Å². The zero-order chi connectivity index (χ0) is 18.8. The van der Waals surface area contributed by atoms with Crippen molar-refractivity contribution in [2.24, 2.45) is 0 Å². The molecule has 8 heteroatoms. The number of nitrogens with zero attached hydrogens (tertiary/aromatic N) is 1. The molecule has 1 aromatic heterocycles. The number of nitrogens with one attached hydrogen (secondary N) is 1. The van der Waals surface area contributed by atoms with E-state index in [1.807, 2.05) is 0 Å². The normalized spacial score (nSPS) is 10.7. The van der Waals surface area contributed by atoms with E-state index < -0.39 is 11.7 Å². The molecule has 1 heterocycles. The molecule has 134 valence electrons. The molecule has 0 saturated heterocycles. The van der Waals surface area contributed by atoms with E-state index in [1.165, 1.54) is 31.4 Å². The Labute approximate surface area is 158 Å². The first-order chi connectivity index (χ1) is 12.4. The molecular weight excluding hydrogens is 382 g/mol. The Morgan fingerprint density at radius 2 is 2.04 bits per heavy atom. The molecule has 0 aliphatic carbocycles. The summed E-state index contributed by atoms with van der Waals surface area (Å²) in [5.41, 5.74) is 0.438. The van der Waals surface area contributed by atoms with E-state index in [2.05, 4.69) is 10.5 Å². The SMILES string of the molecule is COc1ccc(Cl)cc1NC(=O)c1c(-c2c(F)cccc2Cl)noc1C. The highest BCUT2D eigenvalue weighted by Crippen LogP contribution is 2.34. The Balaban J connectivity index is 2.05. The fourth-order valence-corrected chi connectivity index (χ4v) is 2.92. The third kappa shape index (κ3) is 3.38. The Morgan fingerprint density at radius 1 is 1.27 bits per heavy atom. The highest BCUT2D eigenvalue weighted by Gasteiger charge is 2.26. The molecule has 2 aromatic carbocycles. The number of carbonyl (C=O) groups is 1. The third-order valence-corrected chi connectivity index (χ3v) is 4.25. The van der Waals surface area contributed by atoms with Gasteiger partial charge in [0.2, 0.25) is 0 Å². The predicted octanol–water partition coefficient (Wildman–Crippen LogP) is 5.36. The number of methoxy groups -OCH3 is 1. The lowest BCUT2D eigenvalue weighted by molar-refractivity contribution is 0.102. The fraction of sp³-hybridized carbons (Fsp3) is 0.111. The molecule has 26 heavy (non-hydrogen) atoms. The van der Waals surface area contributed by atoms with Gasteiger partial charge in [0.15, 0.2) is 0 Å². The summed E-state index contributed by atoms with van der Waals surface area (Å²) in [6.45, 7) is 1.55. The van der Waals surface area contributed by atoms with Gasteiger partial charge in [0, 0.05) is 5.02 Å². The van der Waals surface area contributed by atoms with Gasteiger partial charge in [-0.05, 0) is 37.3 Å². The number of hydrogen-bond donors (Lipinski definition) is 1. The minimum Gasteiger partial charge on any atom is -0.495 e. The number of benzene rings is 2. The molecule has 5 nitrogen and oxygen atoms in total. The monoisotopic (exact) mass is 394 g/mol. The van der Waals surface area contributed by atoms with Crippen molar-refractivity contribution in [3.8, 4) is 17.0 Å². The molecule has 0 aliphatic rings. The number of anilines is 1. The van der Waals surface area contributed by atoms with E-state index >= 15 is 0 Å². The second-order valence-corrected chi connectivity index (χ2v) is 6.20. The second kappa shape index (κ2) is 7.35. The molecule has 0 bridgehead atoms. The molecule has 0 saturated carbocycles. The molecule has 0 fully saturated rings. The van der Waals surface area contributed by atoms with Crippen LogP contribution in [0.25, 0.3) is 11.3 Å². The molecule has 0 spiro atoms. The van der Waals surface area contributed by atoms with Crippen LogP contribution in [-0.2, 0) is 0 Å². The quantitative estimate of drug-likeness (QED) is 0.646. The lowest BCUT2D eigenvalue weighted by Crippen LogP contribution is -2.14. The van der Waals surface area contributed by atoms with Gasteiger partial charge >= 0.3 is 0 Å². The van der Waals surface area contributed by atoms with Gasteiger partial charge in [-0.2, -0.15) is 0 Å². The minimum atomic E-state index is -0.611. The van der Waals surface area contributed by atoms with Crippen LogP contribution in [0.1, 0.15) is 16.1 Å². The van der Waals surface area contributed by atoms with E-state index in [9.17, 15) is 9.18 Å². The lowest BCUT2D eigenvalue weighted by Gasteiger charge is -2.11. The molecule has 3 aromatic rings. The highest BCUT2D eigenvalue weighted by atomic mass is 35.5. The summed E-state index contributed by atoms with van der Waals surface area (Å²) in [5, 5.41) is 7.03. The van der Waals surface area contributed by atoms with Crippen molar-refractivity contribution in [2.75, 3.05) is 12.4 Å². The summed E-state index contributed by atoms with van der Waals surface area (Å²) in [4.78, 5) is 12.8. The topological polar surface area (TPSA) is 64.4 Å². The molecule has 0 aliphatic heterocycles.